The summed E-state index contributed by atoms with van der Waals surface area (Å²) in [6.07, 6.45) is 2.03. The highest BCUT2D eigenvalue weighted by molar-refractivity contribution is 6.31. The number of carbonyl (C=O) groups is 1. The second kappa shape index (κ2) is 8.71. The van der Waals surface area contributed by atoms with Gasteiger partial charge in [0.2, 0.25) is 0 Å². The average Bonchev–Trinajstić information content (AvgIpc) is 2.65. The van der Waals surface area contributed by atoms with Crippen LogP contribution in [-0.2, 0) is 11.2 Å². The van der Waals surface area contributed by atoms with Gasteiger partial charge in [-0.2, -0.15) is 0 Å². The van der Waals surface area contributed by atoms with E-state index in [1.807, 2.05) is 38.1 Å². The van der Waals surface area contributed by atoms with E-state index in [1.165, 1.54) is 0 Å². The van der Waals surface area contributed by atoms with Crippen molar-refractivity contribution in [3.63, 3.8) is 0 Å². The zero-order chi connectivity index (χ0) is 20.1. The van der Waals surface area contributed by atoms with Crippen LogP contribution in [0, 0.1) is 13.8 Å². The molecule has 0 unspecified atom stereocenters. The minimum atomic E-state index is -0.859. The van der Waals surface area contributed by atoms with E-state index in [-0.39, 0.29) is 6.42 Å². The molecule has 3 rings (SSSR count). The molecule has 2 N–H and O–H groups in total. The van der Waals surface area contributed by atoms with E-state index in [4.69, 9.17) is 21.4 Å². The summed E-state index contributed by atoms with van der Waals surface area (Å²) in [6.45, 7) is 3.83. The lowest BCUT2D eigenvalue weighted by Crippen LogP contribution is -2.00. The Morgan fingerprint density at radius 2 is 2.00 bits per heavy atom. The largest absolute Gasteiger partial charge is 0.481 e. The maximum absolute atomic E-state index is 10.8. The monoisotopic (exact) mass is 397 g/mol. The van der Waals surface area contributed by atoms with Crippen LogP contribution < -0.4 is 10.1 Å². The second-order valence-electron chi connectivity index (χ2n) is 6.34. The third kappa shape index (κ3) is 5.20. The fourth-order valence-electron chi connectivity index (χ4n) is 2.69. The van der Waals surface area contributed by atoms with E-state index in [0.29, 0.717) is 28.8 Å². The van der Waals surface area contributed by atoms with Gasteiger partial charge in [-0.1, -0.05) is 11.6 Å². The normalized spacial score (nSPS) is 10.5. The summed E-state index contributed by atoms with van der Waals surface area (Å²) in [7, 11) is 0. The third-order valence-corrected chi connectivity index (χ3v) is 4.43. The molecule has 2 heterocycles. The first-order valence-electron chi connectivity index (χ1n) is 8.76. The Labute approximate surface area is 168 Å². The minimum Gasteiger partial charge on any atom is -0.481 e. The molecule has 1 aromatic carbocycles. The Hall–Kier alpha value is -3.12. The van der Waals surface area contributed by atoms with Gasteiger partial charge in [-0.25, -0.2) is 4.98 Å². The lowest BCUT2D eigenvalue weighted by Gasteiger charge is -2.12. The number of nitrogens with one attached hydrogen (secondary N) is 1. The number of hydrogen-bond donors (Lipinski definition) is 2. The van der Waals surface area contributed by atoms with Crippen molar-refractivity contribution >= 4 is 29.1 Å². The number of aromatic nitrogens is 2. The number of aryl methyl sites for hydroxylation is 3. The van der Waals surface area contributed by atoms with Crippen molar-refractivity contribution in [1.82, 2.24) is 9.97 Å². The number of ether oxygens (including phenoxy) is 1. The van der Waals surface area contributed by atoms with E-state index in [2.05, 4.69) is 15.3 Å². The van der Waals surface area contributed by atoms with Crippen molar-refractivity contribution in [2.24, 2.45) is 0 Å². The number of aliphatic carboxylic acids is 1. The maximum Gasteiger partial charge on any atom is 0.303 e. The molecule has 0 saturated heterocycles. The van der Waals surface area contributed by atoms with E-state index in [0.717, 1.165) is 22.6 Å². The molecular weight excluding hydrogens is 378 g/mol. The number of nitrogens with zero attached hydrogens (tertiary/aromatic N) is 2. The number of rotatable bonds is 7. The predicted octanol–water partition coefficient (Wildman–Crippen LogP) is 5.30. The van der Waals surface area contributed by atoms with Crippen molar-refractivity contribution in [2.75, 3.05) is 5.32 Å². The van der Waals surface area contributed by atoms with Gasteiger partial charge in [0.25, 0.3) is 0 Å². The van der Waals surface area contributed by atoms with Gasteiger partial charge in [-0.3, -0.25) is 9.78 Å². The molecule has 0 aliphatic heterocycles. The van der Waals surface area contributed by atoms with Gasteiger partial charge in [0.05, 0.1) is 5.69 Å². The van der Waals surface area contributed by atoms with Crippen molar-refractivity contribution in [3.8, 4) is 11.5 Å². The highest BCUT2D eigenvalue weighted by Gasteiger charge is 2.08. The number of hydrogen-bond acceptors (Lipinski definition) is 5. The lowest BCUT2D eigenvalue weighted by atomic mass is 10.1. The molecule has 0 spiro atoms. The minimum absolute atomic E-state index is 0.0225. The first kappa shape index (κ1) is 19.6. The first-order chi connectivity index (χ1) is 13.4. The van der Waals surface area contributed by atoms with Gasteiger partial charge in [0.15, 0.2) is 0 Å². The molecule has 0 fully saturated rings. The summed E-state index contributed by atoms with van der Waals surface area (Å²) in [5.41, 5.74) is 3.28. The molecule has 7 heteroatoms. The molecular formula is C21H20ClN3O3. The first-order valence-corrected chi connectivity index (χ1v) is 9.14. The summed E-state index contributed by atoms with van der Waals surface area (Å²) in [5.74, 6) is 1.06. The van der Waals surface area contributed by atoms with Crippen LogP contribution in [0.5, 0.6) is 11.5 Å². The van der Waals surface area contributed by atoms with Crippen LogP contribution in [0.25, 0.3) is 0 Å². The van der Waals surface area contributed by atoms with Gasteiger partial charge in [-0.05, 0) is 62.2 Å². The van der Waals surface area contributed by atoms with Crippen LogP contribution in [0.15, 0.2) is 48.7 Å². The molecule has 0 aliphatic carbocycles. The fourth-order valence-corrected chi connectivity index (χ4v) is 2.90. The number of pyridine rings is 2. The summed E-state index contributed by atoms with van der Waals surface area (Å²) in [5, 5.41) is 12.6. The van der Waals surface area contributed by atoms with Crippen molar-refractivity contribution in [2.45, 2.75) is 26.7 Å². The number of benzene rings is 1. The maximum atomic E-state index is 10.8. The van der Waals surface area contributed by atoms with Crippen molar-refractivity contribution < 1.29 is 14.6 Å². The lowest BCUT2D eigenvalue weighted by molar-refractivity contribution is -0.136. The fraction of sp³-hybridized carbons (Fsp3) is 0.190. The topological polar surface area (TPSA) is 84.3 Å². The van der Waals surface area contributed by atoms with Gasteiger partial charge in [-0.15, -0.1) is 0 Å². The molecule has 0 saturated carbocycles. The Morgan fingerprint density at radius 3 is 2.75 bits per heavy atom. The van der Waals surface area contributed by atoms with E-state index < -0.39 is 5.97 Å². The Morgan fingerprint density at radius 1 is 1.18 bits per heavy atom. The van der Waals surface area contributed by atoms with Gasteiger partial charge >= 0.3 is 5.97 Å². The number of carboxylic acids is 1. The molecule has 0 bridgehead atoms. The Kier molecular flexibility index (Phi) is 6.11. The highest BCUT2D eigenvalue weighted by Crippen LogP contribution is 2.28. The van der Waals surface area contributed by atoms with E-state index in [9.17, 15) is 4.79 Å². The Bertz CT molecular complexity index is 1010. The summed E-state index contributed by atoms with van der Waals surface area (Å²) in [4.78, 5) is 19.5. The summed E-state index contributed by atoms with van der Waals surface area (Å²) < 4.78 is 5.92. The zero-order valence-corrected chi connectivity index (χ0v) is 16.3. The number of halogens is 1. The molecule has 144 valence electrons. The molecule has 0 atom stereocenters. The molecule has 3 aromatic rings. The molecule has 28 heavy (non-hydrogen) atoms. The van der Waals surface area contributed by atoms with E-state index >= 15 is 0 Å². The smallest absolute Gasteiger partial charge is 0.303 e. The molecule has 0 amide bonds. The van der Waals surface area contributed by atoms with Crippen LogP contribution in [0.3, 0.4) is 0 Å². The average molecular weight is 398 g/mol. The van der Waals surface area contributed by atoms with Crippen LogP contribution in [0.2, 0.25) is 5.02 Å². The summed E-state index contributed by atoms with van der Waals surface area (Å²) >= 11 is 6.16. The third-order valence-electron chi connectivity index (χ3n) is 4.06. The SMILES string of the molecule is Cc1ccc(Oc2ccnc(Nc3ccc(Cl)c(CCC(=O)O)c3)c2)c(C)n1. The van der Waals surface area contributed by atoms with Crippen LogP contribution in [-0.4, -0.2) is 21.0 Å². The standard InChI is InChI=1S/C21H20ClN3O3/c1-13-3-7-19(14(2)24-13)28-17-9-10-23-20(12-17)25-16-5-6-18(22)15(11-16)4-8-21(26)27/h3,5-7,9-12H,4,8H2,1-2H3,(H,23,25)(H,26,27). The van der Waals surface area contributed by atoms with E-state index in [1.54, 1.807) is 24.4 Å². The van der Waals surface area contributed by atoms with Gasteiger partial charge in [0, 0.05) is 35.1 Å². The van der Waals surface area contributed by atoms with Crippen molar-refractivity contribution in [1.29, 1.82) is 0 Å². The van der Waals surface area contributed by atoms with Gasteiger partial charge < -0.3 is 15.2 Å². The van der Waals surface area contributed by atoms with Crippen LogP contribution >= 0.6 is 11.6 Å². The number of carboxylic acid groups (broad SMARTS) is 1. The second-order valence-corrected chi connectivity index (χ2v) is 6.75. The van der Waals surface area contributed by atoms with Crippen molar-refractivity contribution in [3.05, 3.63) is 70.6 Å². The van der Waals surface area contributed by atoms with Gasteiger partial charge in [0.1, 0.15) is 17.3 Å². The molecule has 0 radical (unpaired) electrons. The Balaban J connectivity index is 1.75. The summed E-state index contributed by atoms with van der Waals surface area (Å²) in [6, 6.07) is 12.7. The number of anilines is 2. The van der Waals surface area contributed by atoms with Crippen LogP contribution in [0.1, 0.15) is 23.4 Å². The molecule has 0 aliphatic rings. The molecule has 6 nitrogen and oxygen atoms in total. The molecule has 2 aromatic heterocycles. The van der Waals surface area contributed by atoms with Crippen LogP contribution in [0.4, 0.5) is 11.5 Å². The quantitative estimate of drug-likeness (QED) is 0.562. The zero-order valence-electron chi connectivity index (χ0n) is 15.6. The highest BCUT2D eigenvalue weighted by atomic mass is 35.5. The predicted molar refractivity (Wildman–Crippen MR) is 109 cm³/mol.